The van der Waals surface area contributed by atoms with Gasteiger partial charge in [0.1, 0.15) is 5.75 Å². The predicted molar refractivity (Wildman–Crippen MR) is 81.7 cm³/mol. The van der Waals surface area contributed by atoms with Gasteiger partial charge in [0.25, 0.3) is 0 Å². The van der Waals surface area contributed by atoms with Crippen molar-refractivity contribution in [1.82, 2.24) is 0 Å². The average molecular weight is 289 g/mol. The zero-order chi connectivity index (χ0) is 14.7. The lowest BCUT2D eigenvalue weighted by Crippen LogP contribution is -2.03. The summed E-state index contributed by atoms with van der Waals surface area (Å²) in [4.78, 5) is 12.4. The van der Waals surface area contributed by atoms with E-state index in [-0.39, 0.29) is 11.5 Å². The number of ketones is 1. The van der Waals surface area contributed by atoms with Crippen molar-refractivity contribution in [2.24, 2.45) is 0 Å². The number of phenols is 1. The molecular formula is C17H17ClO2. The molecule has 2 aromatic carbocycles. The minimum atomic E-state index is -0.190. The second-order valence-electron chi connectivity index (χ2n) is 4.92. The molecule has 0 aromatic heterocycles. The number of rotatable bonds is 4. The van der Waals surface area contributed by atoms with Gasteiger partial charge in [-0.3, -0.25) is 4.79 Å². The molecule has 2 aromatic rings. The lowest BCUT2D eigenvalue weighted by Gasteiger charge is -2.12. The van der Waals surface area contributed by atoms with Crippen LogP contribution in [0, 0.1) is 0 Å². The summed E-state index contributed by atoms with van der Waals surface area (Å²) in [6.07, 6.45) is 0.985. The molecule has 0 saturated carbocycles. The number of phenolic OH excluding ortho intramolecular Hbond substituents is 1. The highest BCUT2D eigenvalue weighted by Crippen LogP contribution is 2.27. The number of aromatic hydroxyl groups is 1. The zero-order valence-corrected chi connectivity index (χ0v) is 12.3. The lowest BCUT2D eigenvalue weighted by atomic mass is 9.93. The number of hydrogen-bond donors (Lipinski definition) is 1. The van der Waals surface area contributed by atoms with Gasteiger partial charge in [0.15, 0.2) is 5.78 Å². The lowest BCUT2D eigenvalue weighted by molar-refractivity contribution is 0.103. The fourth-order valence-corrected chi connectivity index (χ4v) is 2.16. The van der Waals surface area contributed by atoms with Crippen LogP contribution >= 0.6 is 11.6 Å². The molecule has 0 fully saturated rings. The first-order valence-electron chi connectivity index (χ1n) is 6.66. The second kappa shape index (κ2) is 6.10. The molecule has 0 aliphatic heterocycles. The molecule has 0 amide bonds. The number of carbonyl (C=O) groups is 1. The largest absolute Gasteiger partial charge is 0.507 e. The van der Waals surface area contributed by atoms with Crippen molar-refractivity contribution >= 4 is 17.4 Å². The van der Waals surface area contributed by atoms with Crippen molar-refractivity contribution in [3.05, 3.63) is 64.2 Å². The summed E-state index contributed by atoms with van der Waals surface area (Å²) in [6, 6.07) is 11.9. The van der Waals surface area contributed by atoms with E-state index in [1.54, 1.807) is 36.4 Å². The first kappa shape index (κ1) is 14.6. The Labute approximate surface area is 124 Å². The van der Waals surface area contributed by atoms with Crippen molar-refractivity contribution in [2.75, 3.05) is 0 Å². The van der Waals surface area contributed by atoms with Crippen LogP contribution in [-0.4, -0.2) is 10.9 Å². The van der Waals surface area contributed by atoms with E-state index >= 15 is 0 Å². The maximum absolute atomic E-state index is 12.4. The Bertz CT molecular complexity index is 617. The van der Waals surface area contributed by atoms with Gasteiger partial charge in [-0.15, -0.1) is 0 Å². The summed E-state index contributed by atoms with van der Waals surface area (Å²) >= 11 is 5.82. The number of hydrogen-bond acceptors (Lipinski definition) is 2. The van der Waals surface area contributed by atoms with Crippen molar-refractivity contribution < 1.29 is 9.90 Å². The quantitative estimate of drug-likeness (QED) is 0.821. The molecule has 3 heteroatoms. The minimum Gasteiger partial charge on any atom is -0.507 e. The average Bonchev–Trinajstić information content (AvgIpc) is 2.47. The van der Waals surface area contributed by atoms with Crippen LogP contribution in [0.25, 0.3) is 0 Å². The van der Waals surface area contributed by atoms with E-state index in [4.69, 9.17) is 11.6 Å². The van der Waals surface area contributed by atoms with Gasteiger partial charge in [0, 0.05) is 10.6 Å². The molecule has 104 valence electrons. The van der Waals surface area contributed by atoms with E-state index < -0.39 is 0 Å². The third kappa shape index (κ3) is 3.02. The van der Waals surface area contributed by atoms with E-state index in [0.717, 1.165) is 12.0 Å². The third-order valence-electron chi connectivity index (χ3n) is 3.55. The maximum atomic E-state index is 12.4. The molecule has 0 aliphatic rings. The molecule has 0 aliphatic carbocycles. The SMILES string of the molecule is CCC(C)c1ccc(O)c(C(=O)c2ccc(Cl)cc2)c1. The highest BCUT2D eigenvalue weighted by Gasteiger charge is 2.15. The smallest absolute Gasteiger partial charge is 0.196 e. The normalized spacial score (nSPS) is 12.2. The zero-order valence-electron chi connectivity index (χ0n) is 11.6. The van der Waals surface area contributed by atoms with Gasteiger partial charge < -0.3 is 5.11 Å². The summed E-state index contributed by atoms with van der Waals surface area (Å²) in [5, 5.41) is 10.5. The fourth-order valence-electron chi connectivity index (χ4n) is 2.03. The van der Waals surface area contributed by atoms with Crippen LogP contribution in [0.5, 0.6) is 5.75 Å². The molecule has 1 unspecified atom stereocenters. The van der Waals surface area contributed by atoms with Crippen LogP contribution in [0.2, 0.25) is 5.02 Å². The third-order valence-corrected chi connectivity index (χ3v) is 3.81. The Hall–Kier alpha value is -1.80. The molecule has 1 atom stereocenters. The number of carbonyl (C=O) groups excluding carboxylic acids is 1. The predicted octanol–water partition coefficient (Wildman–Crippen LogP) is 4.79. The summed E-state index contributed by atoms with van der Waals surface area (Å²) < 4.78 is 0. The molecule has 0 spiro atoms. The first-order valence-corrected chi connectivity index (χ1v) is 7.04. The van der Waals surface area contributed by atoms with E-state index in [0.29, 0.717) is 22.1 Å². The van der Waals surface area contributed by atoms with Crippen LogP contribution in [0.1, 0.15) is 47.7 Å². The van der Waals surface area contributed by atoms with E-state index in [1.165, 1.54) is 0 Å². The summed E-state index contributed by atoms with van der Waals surface area (Å²) in [6.45, 7) is 4.20. The Kier molecular flexibility index (Phi) is 4.46. The highest BCUT2D eigenvalue weighted by atomic mass is 35.5. The summed E-state index contributed by atoms with van der Waals surface area (Å²) in [5.74, 6) is 0.175. The Balaban J connectivity index is 2.40. The van der Waals surface area contributed by atoms with Gasteiger partial charge in [-0.05, 0) is 54.3 Å². The highest BCUT2D eigenvalue weighted by molar-refractivity contribution is 6.30. The van der Waals surface area contributed by atoms with E-state index in [1.807, 2.05) is 6.07 Å². The molecular weight excluding hydrogens is 272 g/mol. The van der Waals surface area contributed by atoms with Gasteiger partial charge >= 0.3 is 0 Å². The van der Waals surface area contributed by atoms with Gasteiger partial charge in [0.05, 0.1) is 5.56 Å². The Morgan fingerprint density at radius 2 is 1.85 bits per heavy atom. The van der Waals surface area contributed by atoms with E-state index in [9.17, 15) is 9.90 Å². The van der Waals surface area contributed by atoms with Crippen LogP contribution in [0.4, 0.5) is 0 Å². The standard InChI is InChI=1S/C17H17ClO2/c1-3-11(2)13-6-9-16(19)15(10-13)17(20)12-4-7-14(18)8-5-12/h4-11,19H,3H2,1-2H3. The van der Waals surface area contributed by atoms with Crippen molar-refractivity contribution in [2.45, 2.75) is 26.2 Å². The van der Waals surface area contributed by atoms with E-state index in [2.05, 4.69) is 13.8 Å². The molecule has 2 nitrogen and oxygen atoms in total. The second-order valence-corrected chi connectivity index (χ2v) is 5.36. The Morgan fingerprint density at radius 1 is 1.20 bits per heavy atom. The van der Waals surface area contributed by atoms with Gasteiger partial charge in [-0.1, -0.05) is 31.5 Å². The van der Waals surface area contributed by atoms with Crippen LogP contribution in [0.15, 0.2) is 42.5 Å². The fraction of sp³-hybridized carbons (Fsp3) is 0.235. The minimum absolute atomic E-state index is 0.0111. The monoisotopic (exact) mass is 288 g/mol. The van der Waals surface area contributed by atoms with Crippen molar-refractivity contribution in [3.8, 4) is 5.75 Å². The summed E-state index contributed by atoms with van der Waals surface area (Å²) in [5.41, 5.74) is 1.92. The van der Waals surface area contributed by atoms with Crippen molar-refractivity contribution in [1.29, 1.82) is 0 Å². The van der Waals surface area contributed by atoms with Crippen molar-refractivity contribution in [3.63, 3.8) is 0 Å². The van der Waals surface area contributed by atoms with Crippen LogP contribution in [-0.2, 0) is 0 Å². The summed E-state index contributed by atoms with van der Waals surface area (Å²) in [7, 11) is 0. The molecule has 20 heavy (non-hydrogen) atoms. The van der Waals surface area contributed by atoms with Gasteiger partial charge in [-0.25, -0.2) is 0 Å². The molecule has 0 radical (unpaired) electrons. The molecule has 0 saturated heterocycles. The molecule has 0 bridgehead atoms. The van der Waals surface area contributed by atoms with Gasteiger partial charge in [-0.2, -0.15) is 0 Å². The maximum Gasteiger partial charge on any atom is 0.196 e. The first-order chi connectivity index (χ1) is 9.52. The number of halogens is 1. The number of benzene rings is 2. The topological polar surface area (TPSA) is 37.3 Å². The molecule has 2 rings (SSSR count). The molecule has 1 N–H and O–H groups in total. The van der Waals surface area contributed by atoms with Gasteiger partial charge in [0.2, 0.25) is 0 Å². The Morgan fingerprint density at radius 3 is 2.45 bits per heavy atom. The molecule has 0 heterocycles. The van der Waals surface area contributed by atoms with Crippen LogP contribution < -0.4 is 0 Å². The van der Waals surface area contributed by atoms with Crippen LogP contribution in [0.3, 0.4) is 0 Å².